The Kier molecular flexibility index (Phi) is 4.43. The van der Waals surface area contributed by atoms with Crippen LogP contribution < -0.4 is 4.74 Å². The van der Waals surface area contributed by atoms with Gasteiger partial charge in [-0.1, -0.05) is 12.1 Å². The van der Waals surface area contributed by atoms with Crippen LogP contribution in [0.1, 0.15) is 29.0 Å². The fourth-order valence-electron chi connectivity index (χ4n) is 1.69. The second-order valence-electron chi connectivity index (χ2n) is 4.21. The fraction of sp³-hybridized carbons (Fsp3) is 0.286. The van der Waals surface area contributed by atoms with E-state index in [0.29, 0.717) is 6.61 Å². The van der Waals surface area contributed by atoms with Gasteiger partial charge < -0.3 is 9.84 Å². The van der Waals surface area contributed by atoms with Crippen molar-refractivity contribution in [2.24, 2.45) is 0 Å². The Balaban J connectivity index is 2.15. The predicted molar refractivity (Wildman–Crippen MR) is 78.2 cm³/mol. The second-order valence-corrected chi connectivity index (χ2v) is 6.76. The van der Waals surface area contributed by atoms with Crippen molar-refractivity contribution in [1.29, 1.82) is 0 Å². The maximum atomic E-state index is 9.71. The molecule has 0 aliphatic carbocycles. The van der Waals surface area contributed by atoms with Gasteiger partial charge in [0.05, 0.1) is 9.89 Å². The van der Waals surface area contributed by atoms with Gasteiger partial charge in [0.1, 0.15) is 12.4 Å². The van der Waals surface area contributed by atoms with Crippen molar-refractivity contribution in [3.63, 3.8) is 0 Å². The summed E-state index contributed by atoms with van der Waals surface area (Å²) in [5.74, 6) is 0.759. The van der Waals surface area contributed by atoms with Crippen molar-refractivity contribution < 1.29 is 9.84 Å². The second kappa shape index (κ2) is 5.87. The van der Waals surface area contributed by atoms with Crippen LogP contribution in [0.15, 0.2) is 34.1 Å². The van der Waals surface area contributed by atoms with E-state index in [1.165, 1.54) is 0 Å². The molecule has 1 aromatic carbocycles. The number of aryl methyl sites for hydroxylation is 1. The molecule has 96 valence electrons. The van der Waals surface area contributed by atoms with Crippen LogP contribution in [-0.4, -0.2) is 5.11 Å². The molecule has 2 aromatic rings. The van der Waals surface area contributed by atoms with Crippen LogP contribution in [0.4, 0.5) is 0 Å². The summed E-state index contributed by atoms with van der Waals surface area (Å²) in [6.07, 6.45) is -0.518. The summed E-state index contributed by atoms with van der Waals surface area (Å²) in [5.41, 5.74) is 1.96. The maximum Gasteiger partial charge on any atom is 0.125 e. The standard InChI is InChI=1S/C14H15BrO2S/c1-9-3-5-12(10(2)16)13(7-9)17-8-11-4-6-14(15)18-11/h3-7,10,16H,8H2,1-2H3. The zero-order valence-corrected chi connectivity index (χ0v) is 12.7. The average Bonchev–Trinajstić information content (AvgIpc) is 2.72. The third-order valence-corrected chi connectivity index (χ3v) is 4.22. The van der Waals surface area contributed by atoms with Crippen LogP contribution in [0, 0.1) is 6.92 Å². The summed E-state index contributed by atoms with van der Waals surface area (Å²) in [4.78, 5) is 1.15. The largest absolute Gasteiger partial charge is 0.488 e. The van der Waals surface area contributed by atoms with Crippen LogP contribution in [0.3, 0.4) is 0 Å². The first-order valence-electron chi connectivity index (χ1n) is 5.72. The average molecular weight is 327 g/mol. The van der Waals surface area contributed by atoms with E-state index in [2.05, 4.69) is 15.9 Å². The molecule has 1 aromatic heterocycles. The molecule has 0 fully saturated rings. The molecular weight excluding hydrogens is 312 g/mol. The van der Waals surface area contributed by atoms with E-state index in [4.69, 9.17) is 4.74 Å². The SMILES string of the molecule is Cc1ccc(C(C)O)c(OCc2ccc(Br)s2)c1. The Labute approximate surface area is 119 Å². The summed E-state index contributed by atoms with van der Waals surface area (Å²) in [7, 11) is 0. The number of ether oxygens (including phenoxy) is 1. The van der Waals surface area contributed by atoms with Gasteiger partial charge in [-0.05, 0) is 53.5 Å². The van der Waals surface area contributed by atoms with E-state index in [1.807, 2.05) is 37.3 Å². The third kappa shape index (κ3) is 3.34. The van der Waals surface area contributed by atoms with Gasteiger partial charge in [0.25, 0.3) is 0 Å². The van der Waals surface area contributed by atoms with Gasteiger partial charge in [-0.3, -0.25) is 0 Å². The number of thiophene rings is 1. The Bertz CT molecular complexity index is 534. The van der Waals surface area contributed by atoms with Gasteiger partial charge in [0, 0.05) is 10.4 Å². The zero-order chi connectivity index (χ0) is 13.1. The number of benzene rings is 1. The highest BCUT2D eigenvalue weighted by atomic mass is 79.9. The lowest BCUT2D eigenvalue weighted by Crippen LogP contribution is -2.00. The molecule has 0 saturated heterocycles. The molecule has 1 atom stereocenters. The van der Waals surface area contributed by atoms with Crippen molar-refractivity contribution in [3.8, 4) is 5.75 Å². The highest BCUT2D eigenvalue weighted by Gasteiger charge is 2.10. The van der Waals surface area contributed by atoms with Crippen molar-refractivity contribution in [3.05, 3.63) is 50.1 Å². The van der Waals surface area contributed by atoms with Crippen LogP contribution in [0.25, 0.3) is 0 Å². The normalized spacial score (nSPS) is 12.4. The van der Waals surface area contributed by atoms with Gasteiger partial charge in [-0.25, -0.2) is 0 Å². The summed E-state index contributed by atoms with van der Waals surface area (Å²) in [6.45, 7) is 4.29. The molecule has 2 rings (SSSR count). The molecule has 0 bridgehead atoms. The molecule has 0 radical (unpaired) electrons. The number of halogens is 1. The predicted octanol–water partition coefficient (Wildman–Crippen LogP) is 4.45. The minimum Gasteiger partial charge on any atom is -0.488 e. The molecular formula is C14H15BrO2S. The highest BCUT2D eigenvalue weighted by Crippen LogP contribution is 2.28. The number of hydrogen-bond donors (Lipinski definition) is 1. The Morgan fingerprint density at radius 3 is 2.72 bits per heavy atom. The zero-order valence-electron chi connectivity index (χ0n) is 10.3. The first-order chi connectivity index (χ1) is 8.56. The summed E-state index contributed by atoms with van der Waals surface area (Å²) < 4.78 is 6.91. The van der Waals surface area contributed by atoms with Crippen molar-refractivity contribution in [2.75, 3.05) is 0 Å². The molecule has 0 spiro atoms. The fourth-order valence-corrected chi connectivity index (χ4v) is 3.09. The molecule has 4 heteroatoms. The van der Waals surface area contributed by atoms with Gasteiger partial charge in [0.2, 0.25) is 0 Å². The first-order valence-corrected chi connectivity index (χ1v) is 7.33. The molecule has 0 saturated carbocycles. The van der Waals surface area contributed by atoms with E-state index in [9.17, 15) is 5.11 Å². The Hall–Kier alpha value is -0.840. The number of aliphatic hydroxyl groups is 1. The van der Waals surface area contributed by atoms with Crippen LogP contribution in [0.2, 0.25) is 0 Å². The Morgan fingerprint density at radius 1 is 1.33 bits per heavy atom. The van der Waals surface area contributed by atoms with Gasteiger partial charge in [-0.2, -0.15) is 0 Å². The molecule has 18 heavy (non-hydrogen) atoms. The van der Waals surface area contributed by atoms with E-state index in [0.717, 1.165) is 25.5 Å². The lowest BCUT2D eigenvalue weighted by molar-refractivity contribution is 0.190. The van der Waals surface area contributed by atoms with Crippen molar-refractivity contribution in [2.45, 2.75) is 26.6 Å². The lowest BCUT2D eigenvalue weighted by atomic mass is 10.1. The van der Waals surface area contributed by atoms with Crippen LogP contribution in [0.5, 0.6) is 5.75 Å². The van der Waals surface area contributed by atoms with Crippen LogP contribution in [-0.2, 0) is 6.61 Å². The molecule has 2 nitrogen and oxygen atoms in total. The molecule has 1 heterocycles. The highest BCUT2D eigenvalue weighted by molar-refractivity contribution is 9.11. The van der Waals surface area contributed by atoms with Gasteiger partial charge >= 0.3 is 0 Å². The van der Waals surface area contributed by atoms with E-state index < -0.39 is 6.10 Å². The quantitative estimate of drug-likeness (QED) is 0.899. The smallest absolute Gasteiger partial charge is 0.125 e. The molecule has 1 unspecified atom stereocenters. The molecule has 0 aliphatic rings. The van der Waals surface area contributed by atoms with E-state index in [1.54, 1.807) is 18.3 Å². The van der Waals surface area contributed by atoms with E-state index >= 15 is 0 Å². The van der Waals surface area contributed by atoms with Crippen molar-refractivity contribution in [1.82, 2.24) is 0 Å². The first kappa shape index (κ1) is 13.6. The monoisotopic (exact) mass is 326 g/mol. The number of rotatable bonds is 4. The third-order valence-electron chi connectivity index (χ3n) is 2.62. The van der Waals surface area contributed by atoms with Gasteiger partial charge in [0.15, 0.2) is 0 Å². The minimum atomic E-state index is -0.518. The van der Waals surface area contributed by atoms with E-state index in [-0.39, 0.29) is 0 Å². The van der Waals surface area contributed by atoms with Crippen LogP contribution >= 0.6 is 27.3 Å². The maximum absolute atomic E-state index is 9.71. The number of hydrogen-bond acceptors (Lipinski definition) is 3. The topological polar surface area (TPSA) is 29.5 Å². The lowest BCUT2D eigenvalue weighted by Gasteiger charge is -2.13. The minimum absolute atomic E-state index is 0.518. The van der Waals surface area contributed by atoms with Crippen molar-refractivity contribution >= 4 is 27.3 Å². The molecule has 0 amide bonds. The molecule has 1 N–H and O–H groups in total. The number of aliphatic hydroxyl groups excluding tert-OH is 1. The summed E-state index contributed by atoms with van der Waals surface area (Å²) in [6, 6.07) is 9.91. The summed E-state index contributed by atoms with van der Waals surface area (Å²) >= 11 is 5.09. The van der Waals surface area contributed by atoms with Gasteiger partial charge in [-0.15, -0.1) is 11.3 Å². The molecule has 0 aliphatic heterocycles. The summed E-state index contributed by atoms with van der Waals surface area (Å²) in [5, 5.41) is 9.71. The Morgan fingerprint density at radius 2 is 2.11 bits per heavy atom.